The lowest BCUT2D eigenvalue weighted by molar-refractivity contribution is 0.0775. The van der Waals surface area contributed by atoms with Crippen molar-refractivity contribution in [1.29, 1.82) is 0 Å². The van der Waals surface area contributed by atoms with E-state index in [1.807, 2.05) is 0 Å². The Hall–Kier alpha value is -1.58. The maximum atomic E-state index is 6.68. The SMILES string of the molecule is CB1NC(C2CCCCC2)C(c2ccccc2)(c2ccccc2)O1. The minimum absolute atomic E-state index is 0.0670. The lowest BCUT2D eigenvalue weighted by atomic mass is 9.71. The van der Waals surface area contributed by atoms with Crippen molar-refractivity contribution >= 4 is 7.05 Å². The van der Waals surface area contributed by atoms with Crippen molar-refractivity contribution < 1.29 is 4.65 Å². The zero-order valence-electron chi connectivity index (χ0n) is 14.4. The second kappa shape index (κ2) is 6.74. The van der Waals surface area contributed by atoms with E-state index in [0.29, 0.717) is 12.0 Å². The second-order valence-electron chi connectivity index (χ2n) is 7.27. The maximum Gasteiger partial charge on any atom is 0.377 e. The van der Waals surface area contributed by atoms with E-state index in [-0.39, 0.29) is 12.7 Å². The zero-order valence-corrected chi connectivity index (χ0v) is 14.4. The van der Waals surface area contributed by atoms with Crippen LogP contribution >= 0.6 is 0 Å². The number of benzene rings is 2. The minimum Gasteiger partial charge on any atom is -0.406 e. The van der Waals surface area contributed by atoms with Crippen molar-refractivity contribution in [3.8, 4) is 0 Å². The van der Waals surface area contributed by atoms with Crippen molar-refractivity contribution in [2.75, 3.05) is 0 Å². The molecule has 0 spiro atoms. The summed E-state index contributed by atoms with van der Waals surface area (Å²) in [7, 11) is 0.0670. The van der Waals surface area contributed by atoms with E-state index in [9.17, 15) is 0 Å². The Morgan fingerprint density at radius 1 is 0.875 bits per heavy atom. The Morgan fingerprint density at radius 3 is 1.96 bits per heavy atom. The monoisotopic (exact) mass is 319 g/mol. The molecule has 24 heavy (non-hydrogen) atoms. The maximum absolute atomic E-state index is 6.68. The van der Waals surface area contributed by atoms with Crippen molar-refractivity contribution in [2.24, 2.45) is 5.92 Å². The molecule has 1 unspecified atom stereocenters. The Labute approximate surface area is 145 Å². The lowest BCUT2D eigenvalue weighted by Gasteiger charge is -2.41. The predicted molar refractivity (Wildman–Crippen MR) is 99.9 cm³/mol. The summed E-state index contributed by atoms with van der Waals surface area (Å²) in [6.07, 6.45) is 6.67. The molecule has 0 bridgehead atoms. The highest BCUT2D eigenvalue weighted by atomic mass is 16.5. The number of hydrogen-bond acceptors (Lipinski definition) is 2. The molecule has 1 atom stereocenters. The van der Waals surface area contributed by atoms with Gasteiger partial charge in [-0.3, -0.25) is 0 Å². The van der Waals surface area contributed by atoms with E-state index < -0.39 is 0 Å². The van der Waals surface area contributed by atoms with Crippen LogP contribution in [0.1, 0.15) is 43.2 Å². The molecule has 2 nitrogen and oxygen atoms in total. The topological polar surface area (TPSA) is 21.3 Å². The van der Waals surface area contributed by atoms with Crippen LogP contribution in [0.2, 0.25) is 6.82 Å². The van der Waals surface area contributed by atoms with Crippen molar-refractivity contribution in [3.05, 3.63) is 71.8 Å². The normalized spacial score (nSPS) is 24.2. The molecule has 0 radical (unpaired) electrons. The molecular formula is C21H26BNO. The molecule has 0 aromatic heterocycles. The van der Waals surface area contributed by atoms with Crippen LogP contribution in [0.25, 0.3) is 0 Å². The average Bonchev–Trinajstić information content (AvgIpc) is 3.02. The van der Waals surface area contributed by atoms with Gasteiger partial charge < -0.3 is 9.88 Å². The highest BCUT2D eigenvalue weighted by Crippen LogP contribution is 2.46. The van der Waals surface area contributed by atoms with E-state index in [1.165, 1.54) is 43.2 Å². The van der Waals surface area contributed by atoms with Crippen molar-refractivity contribution in [1.82, 2.24) is 5.23 Å². The second-order valence-corrected chi connectivity index (χ2v) is 7.27. The molecule has 1 N–H and O–H groups in total. The summed E-state index contributed by atoms with van der Waals surface area (Å²) in [5.41, 5.74) is 2.15. The van der Waals surface area contributed by atoms with Gasteiger partial charge in [-0.2, -0.15) is 0 Å². The Bertz CT molecular complexity index is 615. The molecule has 1 saturated carbocycles. The van der Waals surface area contributed by atoms with Gasteiger partial charge in [0.2, 0.25) is 0 Å². The van der Waals surface area contributed by atoms with Gasteiger partial charge in [0.25, 0.3) is 0 Å². The standard InChI is InChI=1S/C21H26BNO/c1-22-23-20(17-11-5-2-6-12-17)21(24-22,18-13-7-3-8-14-18)19-15-9-4-10-16-19/h3-4,7-10,13-17,20,23H,2,5-6,11-12H2,1H3. The third-order valence-electron chi connectivity index (χ3n) is 5.74. The Balaban J connectivity index is 1.84. The molecule has 1 aliphatic carbocycles. The summed E-state index contributed by atoms with van der Waals surface area (Å²) in [6, 6.07) is 21.9. The lowest BCUT2D eigenvalue weighted by Crippen LogP contribution is -2.48. The summed E-state index contributed by atoms with van der Waals surface area (Å²) >= 11 is 0. The summed E-state index contributed by atoms with van der Waals surface area (Å²) in [6.45, 7) is 2.14. The first kappa shape index (κ1) is 15.9. The minimum atomic E-state index is -0.385. The molecule has 2 aromatic rings. The Kier molecular flexibility index (Phi) is 4.47. The number of nitrogens with one attached hydrogen (secondary N) is 1. The first-order valence-electron chi connectivity index (χ1n) is 9.35. The largest absolute Gasteiger partial charge is 0.406 e. The average molecular weight is 319 g/mol. The van der Waals surface area contributed by atoms with E-state index in [1.54, 1.807) is 0 Å². The van der Waals surface area contributed by atoms with Gasteiger partial charge in [0.1, 0.15) is 5.60 Å². The first-order chi connectivity index (χ1) is 11.8. The van der Waals surface area contributed by atoms with E-state index >= 15 is 0 Å². The molecular weight excluding hydrogens is 293 g/mol. The van der Waals surface area contributed by atoms with Crippen LogP contribution in [0, 0.1) is 5.92 Å². The number of hydrogen-bond donors (Lipinski definition) is 1. The van der Waals surface area contributed by atoms with Crippen LogP contribution in [0.5, 0.6) is 0 Å². The van der Waals surface area contributed by atoms with Crippen LogP contribution in [0.3, 0.4) is 0 Å². The fourth-order valence-electron chi connectivity index (χ4n) is 4.73. The summed E-state index contributed by atoms with van der Waals surface area (Å²) in [5, 5.41) is 3.79. The van der Waals surface area contributed by atoms with Gasteiger partial charge in [0, 0.05) is 6.04 Å². The third kappa shape index (κ3) is 2.70. The van der Waals surface area contributed by atoms with Gasteiger partial charge in [-0.05, 0) is 36.7 Å². The predicted octanol–water partition coefficient (Wildman–Crippen LogP) is 4.62. The summed E-state index contributed by atoms with van der Waals surface area (Å²) in [4.78, 5) is 0. The molecule has 3 heteroatoms. The van der Waals surface area contributed by atoms with E-state index in [2.05, 4.69) is 72.7 Å². The molecule has 1 aliphatic heterocycles. The highest BCUT2D eigenvalue weighted by Gasteiger charge is 2.53. The molecule has 2 aliphatic rings. The fraction of sp³-hybridized carbons (Fsp3) is 0.429. The Morgan fingerprint density at radius 2 is 1.42 bits per heavy atom. The van der Waals surface area contributed by atoms with Gasteiger partial charge in [-0.15, -0.1) is 0 Å². The molecule has 4 rings (SSSR count). The molecule has 124 valence electrons. The van der Waals surface area contributed by atoms with Crippen LogP contribution in [-0.4, -0.2) is 13.1 Å². The molecule has 1 saturated heterocycles. The van der Waals surface area contributed by atoms with Crippen LogP contribution < -0.4 is 5.23 Å². The van der Waals surface area contributed by atoms with E-state index in [4.69, 9.17) is 4.65 Å². The molecule has 2 aromatic carbocycles. The smallest absolute Gasteiger partial charge is 0.377 e. The van der Waals surface area contributed by atoms with Gasteiger partial charge in [0.15, 0.2) is 0 Å². The zero-order chi connectivity index (χ0) is 16.4. The summed E-state index contributed by atoms with van der Waals surface area (Å²) in [5.74, 6) is 0.670. The highest BCUT2D eigenvalue weighted by molar-refractivity contribution is 6.48. The van der Waals surface area contributed by atoms with Gasteiger partial charge in [-0.25, -0.2) is 0 Å². The number of rotatable bonds is 3. The van der Waals surface area contributed by atoms with Gasteiger partial charge in [0.05, 0.1) is 0 Å². The van der Waals surface area contributed by atoms with Gasteiger partial charge in [-0.1, -0.05) is 79.9 Å². The quantitative estimate of drug-likeness (QED) is 0.834. The summed E-state index contributed by atoms with van der Waals surface area (Å²) < 4.78 is 6.68. The van der Waals surface area contributed by atoms with Crippen LogP contribution in [0.4, 0.5) is 0 Å². The van der Waals surface area contributed by atoms with Crippen molar-refractivity contribution in [3.63, 3.8) is 0 Å². The van der Waals surface area contributed by atoms with E-state index in [0.717, 1.165) is 0 Å². The van der Waals surface area contributed by atoms with Crippen LogP contribution in [0.15, 0.2) is 60.7 Å². The first-order valence-corrected chi connectivity index (χ1v) is 9.35. The van der Waals surface area contributed by atoms with Crippen molar-refractivity contribution in [2.45, 2.75) is 50.6 Å². The third-order valence-corrected chi connectivity index (χ3v) is 5.74. The molecule has 1 heterocycles. The van der Waals surface area contributed by atoms with Crippen LogP contribution in [-0.2, 0) is 10.3 Å². The van der Waals surface area contributed by atoms with Gasteiger partial charge >= 0.3 is 7.05 Å². The fourth-order valence-corrected chi connectivity index (χ4v) is 4.73. The molecule has 2 fully saturated rings. The molecule has 0 amide bonds.